The van der Waals surface area contributed by atoms with E-state index in [1.165, 1.54) is 0 Å². The van der Waals surface area contributed by atoms with E-state index >= 15 is 0 Å². The smallest absolute Gasteiger partial charge is 0.318 e. The zero-order chi connectivity index (χ0) is 17.2. The van der Waals surface area contributed by atoms with Gasteiger partial charge in [-0.3, -0.25) is 4.68 Å². The maximum absolute atomic E-state index is 12.4. The summed E-state index contributed by atoms with van der Waals surface area (Å²) in [5.41, 5.74) is 2.46. The molecule has 0 saturated carbocycles. The fourth-order valence-electron chi connectivity index (χ4n) is 3.08. The number of ether oxygens (including phenoxy) is 1. The SMILES string of the molecule is COCCn1nc(C)c(CNC(=O)N2CCC(O)C2(C)C)c1C. The highest BCUT2D eigenvalue weighted by Crippen LogP contribution is 2.28. The Bertz CT molecular complexity index is 568. The molecule has 2 heterocycles. The van der Waals surface area contributed by atoms with Gasteiger partial charge in [-0.15, -0.1) is 0 Å². The van der Waals surface area contributed by atoms with Gasteiger partial charge in [-0.05, 0) is 34.1 Å². The highest BCUT2D eigenvalue weighted by molar-refractivity contribution is 5.75. The van der Waals surface area contributed by atoms with Gasteiger partial charge in [0.25, 0.3) is 0 Å². The number of carbonyl (C=O) groups excluding carboxylic acids is 1. The molecule has 2 rings (SSSR count). The van der Waals surface area contributed by atoms with E-state index in [9.17, 15) is 9.90 Å². The molecule has 1 unspecified atom stereocenters. The maximum atomic E-state index is 12.4. The summed E-state index contributed by atoms with van der Waals surface area (Å²) in [7, 11) is 1.67. The first-order chi connectivity index (χ1) is 10.8. The van der Waals surface area contributed by atoms with Gasteiger partial charge in [-0.2, -0.15) is 5.10 Å². The summed E-state index contributed by atoms with van der Waals surface area (Å²) >= 11 is 0. The van der Waals surface area contributed by atoms with Gasteiger partial charge >= 0.3 is 6.03 Å². The van der Waals surface area contributed by atoms with Crippen molar-refractivity contribution in [2.75, 3.05) is 20.3 Å². The number of urea groups is 1. The Morgan fingerprint density at radius 1 is 1.48 bits per heavy atom. The van der Waals surface area contributed by atoms with Crippen LogP contribution in [0.3, 0.4) is 0 Å². The van der Waals surface area contributed by atoms with E-state index in [1.54, 1.807) is 12.0 Å². The molecule has 2 N–H and O–H groups in total. The first-order valence-corrected chi connectivity index (χ1v) is 8.04. The van der Waals surface area contributed by atoms with Crippen molar-refractivity contribution in [3.63, 3.8) is 0 Å². The number of aromatic nitrogens is 2. The number of nitrogens with one attached hydrogen (secondary N) is 1. The molecule has 1 saturated heterocycles. The van der Waals surface area contributed by atoms with Crippen LogP contribution in [0.1, 0.15) is 37.2 Å². The number of methoxy groups -OCH3 is 1. The standard InChI is InChI=1S/C16H28N4O3/c1-11-13(12(2)20(18-11)8-9-23-5)10-17-15(22)19-7-6-14(21)16(19,3)4/h14,21H,6-10H2,1-5H3,(H,17,22). The Morgan fingerprint density at radius 3 is 2.74 bits per heavy atom. The van der Waals surface area contributed by atoms with Crippen LogP contribution in [-0.4, -0.2) is 57.7 Å². The molecule has 7 nitrogen and oxygen atoms in total. The number of aryl methyl sites for hydroxylation is 1. The lowest BCUT2D eigenvalue weighted by Crippen LogP contribution is -2.51. The van der Waals surface area contributed by atoms with E-state index in [-0.39, 0.29) is 6.03 Å². The quantitative estimate of drug-likeness (QED) is 0.853. The lowest BCUT2D eigenvalue weighted by atomic mass is 9.99. The second-order valence-corrected chi connectivity index (χ2v) is 6.63. The number of nitrogens with zero attached hydrogens (tertiary/aromatic N) is 3. The van der Waals surface area contributed by atoms with Gasteiger partial charge < -0.3 is 20.1 Å². The maximum Gasteiger partial charge on any atom is 0.318 e. The monoisotopic (exact) mass is 324 g/mol. The third kappa shape index (κ3) is 3.50. The molecule has 1 atom stereocenters. The van der Waals surface area contributed by atoms with Crippen LogP contribution in [0.25, 0.3) is 0 Å². The lowest BCUT2D eigenvalue weighted by Gasteiger charge is -2.33. The molecule has 0 spiro atoms. The lowest BCUT2D eigenvalue weighted by molar-refractivity contribution is 0.0696. The highest BCUT2D eigenvalue weighted by Gasteiger charge is 2.42. The molecular weight excluding hydrogens is 296 g/mol. The van der Waals surface area contributed by atoms with E-state index < -0.39 is 11.6 Å². The average molecular weight is 324 g/mol. The molecule has 1 fully saturated rings. The Kier molecular flexibility index (Phi) is 5.31. The molecule has 130 valence electrons. The largest absolute Gasteiger partial charge is 0.391 e. The van der Waals surface area contributed by atoms with Crippen molar-refractivity contribution in [1.82, 2.24) is 20.0 Å². The van der Waals surface area contributed by atoms with Gasteiger partial charge in [0, 0.05) is 31.5 Å². The van der Waals surface area contributed by atoms with Gasteiger partial charge in [-0.25, -0.2) is 4.79 Å². The van der Waals surface area contributed by atoms with Crippen molar-refractivity contribution >= 4 is 6.03 Å². The number of hydrogen-bond donors (Lipinski definition) is 2. The molecule has 2 amide bonds. The molecule has 1 aromatic heterocycles. The molecule has 0 aromatic carbocycles. The summed E-state index contributed by atoms with van der Waals surface area (Å²) in [6, 6.07) is -0.144. The third-order valence-electron chi connectivity index (χ3n) is 4.84. The Balaban J connectivity index is 2.01. The number of carbonyl (C=O) groups is 1. The summed E-state index contributed by atoms with van der Waals surface area (Å²) in [4.78, 5) is 14.1. The third-order valence-corrected chi connectivity index (χ3v) is 4.84. The summed E-state index contributed by atoms with van der Waals surface area (Å²) < 4.78 is 6.99. The van der Waals surface area contributed by atoms with Gasteiger partial charge in [0.15, 0.2) is 0 Å². The van der Waals surface area contributed by atoms with E-state index in [2.05, 4.69) is 10.4 Å². The number of aliphatic hydroxyl groups is 1. The minimum Gasteiger partial charge on any atom is -0.391 e. The fraction of sp³-hybridized carbons (Fsp3) is 0.750. The van der Waals surface area contributed by atoms with Crippen molar-refractivity contribution in [3.8, 4) is 0 Å². The fourth-order valence-corrected chi connectivity index (χ4v) is 3.08. The Labute approximate surface area is 137 Å². The second-order valence-electron chi connectivity index (χ2n) is 6.63. The summed E-state index contributed by atoms with van der Waals surface area (Å²) in [6.07, 6.45) is 0.140. The molecule has 1 aliphatic heterocycles. The number of hydrogen-bond acceptors (Lipinski definition) is 4. The number of amides is 2. The minimum atomic E-state index is -0.531. The van der Waals surface area contributed by atoms with Crippen LogP contribution in [0.15, 0.2) is 0 Å². The molecule has 0 aliphatic carbocycles. The number of rotatable bonds is 5. The van der Waals surface area contributed by atoms with E-state index in [4.69, 9.17) is 4.74 Å². The number of likely N-dealkylation sites (tertiary alicyclic amines) is 1. The van der Waals surface area contributed by atoms with Crippen LogP contribution < -0.4 is 5.32 Å². The predicted octanol–water partition coefficient (Wildman–Crippen LogP) is 1.20. The highest BCUT2D eigenvalue weighted by atomic mass is 16.5. The van der Waals surface area contributed by atoms with E-state index in [0.717, 1.165) is 17.0 Å². The molecule has 0 bridgehead atoms. The molecule has 1 aromatic rings. The van der Waals surface area contributed by atoms with Crippen LogP contribution in [0.2, 0.25) is 0 Å². The Hall–Kier alpha value is -1.60. The van der Waals surface area contributed by atoms with Crippen molar-refractivity contribution in [2.45, 2.75) is 58.8 Å². The zero-order valence-corrected chi connectivity index (χ0v) is 14.7. The van der Waals surface area contributed by atoms with Crippen LogP contribution >= 0.6 is 0 Å². The topological polar surface area (TPSA) is 79.6 Å². The van der Waals surface area contributed by atoms with Gasteiger partial charge in [0.05, 0.1) is 30.5 Å². The van der Waals surface area contributed by atoms with E-state index in [0.29, 0.717) is 32.7 Å². The van der Waals surface area contributed by atoms with Gasteiger partial charge in [-0.1, -0.05) is 0 Å². The molecular formula is C16H28N4O3. The second kappa shape index (κ2) is 6.88. The molecule has 0 radical (unpaired) electrons. The number of aliphatic hydroxyl groups excluding tert-OH is 1. The van der Waals surface area contributed by atoms with Crippen molar-refractivity contribution in [2.24, 2.45) is 0 Å². The van der Waals surface area contributed by atoms with Gasteiger partial charge in [0.1, 0.15) is 0 Å². The average Bonchev–Trinajstić information content (AvgIpc) is 2.91. The minimum absolute atomic E-state index is 0.144. The summed E-state index contributed by atoms with van der Waals surface area (Å²) in [5.74, 6) is 0. The van der Waals surface area contributed by atoms with Crippen molar-refractivity contribution in [3.05, 3.63) is 17.0 Å². The van der Waals surface area contributed by atoms with Crippen LogP contribution in [0, 0.1) is 13.8 Å². The van der Waals surface area contributed by atoms with Crippen LogP contribution in [-0.2, 0) is 17.8 Å². The van der Waals surface area contributed by atoms with Crippen molar-refractivity contribution in [1.29, 1.82) is 0 Å². The first-order valence-electron chi connectivity index (χ1n) is 8.04. The molecule has 1 aliphatic rings. The van der Waals surface area contributed by atoms with Gasteiger partial charge in [0.2, 0.25) is 0 Å². The molecule has 23 heavy (non-hydrogen) atoms. The summed E-state index contributed by atoms with van der Waals surface area (Å²) in [5, 5.41) is 17.4. The summed E-state index contributed by atoms with van der Waals surface area (Å²) in [6.45, 7) is 10.0. The predicted molar refractivity (Wildman–Crippen MR) is 87.2 cm³/mol. The Morgan fingerprint density at radius 2 is 2.17 bits per heavy atom. The van der Waals surface area contributed by atoms with Crippen molar-refractivity contribution < 1.29 is 14.6 Å². The van der Waals surface area contributed by atoms with Crippen LogP contribution in [0.4, 0.5) is 4.79 Å². The molecule has 7 heteroatoms. The van der Waals surface area contributed by atoms with E-state index in [1.807, 2.05) is 32.4 Å². The normalized spacial score (nSPS) is 20.1. The zero-order valence-electron chi connectivity index (χ0n) is 14.7. The van der Waals surface area contributed by atoms with Crippen LogP contribution in [0.5, 0.6) is 0 Å². The first kappa shape index (κ1) is 17.7.